The first kappa shape index (κ1) is 9.71. The van der Waals surface area contributed by atoms with Crippen molar-refractivity contribution in [3.8, 4) is 11.8 Å². The van der Waals surface area contributed by atoms with Gasteiger partial charge in [-0.2, -0.15) is 0 Å². The van der Waals surface area contributed by atoms with E-state index in [1.54, 1.807) is 0 Å². The molecule has 10 heavy (non-hydrogen) atoms. The van der Waals surface area contributed by atoms with E-state index in [0.29, 0.717) is 6.29 Å². The van der Waals surface area contributed by atoms with E-state index in [9.17, 15) is 4.79 Å². The van der Waals surface area contributed by atoms with Crippen LogP contribution in [0.25, 0.3) is 0 Å². The second-order valence-corrected chi connectivity index (χ2v) is 2.73. The van der Waals surface area contributed by atoms with Gasteiger partial charge >= 0.3 is 0 Å². The highest BCUT2D eigenvalue weighted by molar-refractivity contribution is 9.09. The molecule has 0 aromatic carbocycles. The predicted molar refractivity (Wildman–Crippen MR) is 46.1 cm³/mol. The summed E-state index contributed by atoms with van der Waals surface area (Å²) < 4.78 is 0. The highest BCUT2D eigenvalue weighted by Crippen LogP contribution is 2.00. The van der Waals surface area contributed by atoms with Crippen molar-refractivity contribution in [2.45, 2.75) is 25.7 Å². The van der Waals surface area contributed by atoms with Gasteiger partial charge < -0.3 is 0 Å². The van der Waals surface area contributed by atoms with Crippen LogP contribution in [-0.2, 0) is 4.79 Å². The van der Waals surface area contributed by atoms with Crippen LogP contribution in [0.3, 0.4) is 0 Å². The second kappa shape index (κ2) is 8.71. The summed E-state index contributed by atoms with van der Waals surface area (Å²) in [5.41, 5.74) is 0. The lowest BCUT2D eigenvalue weighted by Gasteiger charge is -1.90. The minimum Gasteiger partial charge on any atom is -0.289 e. The summed E-state index contributed by atoms with van der Waals surface area (Å²) in [6.07, 6.45) is 4.99. The maximum absolute atomic E-state index is 9.71. The number of alkyl halides is 1. The Kier molecular flexibility index (Phi) is 8.46. The summed E-state index contributed by atoms with van der Waals surface area (Å²) in [7, 11) is 0. The van der Waals surface area contributed by atoms with Gasteiger partial charge in [0.15, 0.2) is 6.29 Å². The van der Waals surface area contributed by atoms with Gasteiger partial charge in [0.2, 0.25) is 0 Å². The van der Waals surface area contributed by atoms with E-state index < -0.39 is 0 Å². The van der Waals surface area contributed by atoms with Crippen molar-refractivity contribution in [2.24, 2.45) is 0 Å². The molecule has 0 spiro atoms. The second-order valence-electron chi connectivity index (χ2n) is 1.94. The molecular weight excluding hydrogens is 192 g/mol. The molecule has 56 valence electrons. The van der Waals surface area contributed by atoms with E-state index in [-0.39, 0.29) is 0 Å². The first-order chi connectivity index (χ1) is 4.91. The Balaban J connectivity index is 2.97. The summed E-state index contributed by atoms with van der Waals surface area (Å²) in [5.74, 6) is 5.14. The van der Waals surface area contributed by atoms with Gasteiger partial charge in [-0.1, -0.05) is 28.3 Å². The highest BCUT2D eigenvalue weighted by atomic mass is 79.9. The van der Waals surface area contributed by atoms with Crippen molar-refractivity contribution in [2.75, 3.05) is 5.33 Å². The number of carbonyl (C=O) groups excluding carboxylic acids is 1. The number of unbranched alkanes of at least 4 members (excludes halogenated alkanes) is 3. The Hall–Kier alpha value is -0.290. The van der Waals surface area contributed by atoms with Gasteiger partial charge in [-0.05, 0) is 18.8 Å². The predicted octanol–water partition coefficient (Wildman–Crippen LogP) is 2.14. The normalized spacial score (nSPS) is 8.10. The van der Waals surface area contributed by atoms with Crippen LogP contribution in [-0.4, -0.2) is 11.6 Å². The lowest BCUT2D eigenvalue weighted by atomic mass is 10.2. The molecule has 1 nitrogen and oxygen atoms in total. The number of aldehydes is 1. The van der Waals surface area contributed by atoms with Gasteiger partial charge in [0.25, 0.3) is 0 Å². The van der Waals surface area contributed by atoms with E-state index in [1.165, 1.54) is 12.8 Å². The van der Waals surface area contributed by atoms with Crippen LogP contribution in [0.5, 0.6) is 0 Å². The molecule has 0 aliphatic rings. The highest BCUT2D eigenvalue weighted by Gasteiger charge is 1.83. The van der Waals surface area contributed by atoms with Crippen LogP contribution in [0.2, 0.25) is 0 Å². The smallest absolute Gasteiger partial charge is 0.192 e. The zero-order valence-electron chi connectivity index (χ0n) is 5.90. The van der Waals surface area contributed by atoms with E-state index >= 15 is 0 Å². The summed E-state index contributed by atoms with van der Waals surface area (Å²) in [5, 5.41) is 1.06. The molecular formula is C8H11BrO. The van der Waals surface area contributed by atoms with Crippen LogP contribution < -0.4 is 0 Å². The van der Waals surface area contributed by atoms with E-state index in [0.717, 1.165) is 18.2 Å². The molecule has 0 saturated carbocycles. The fraction of sp³-hybridized carbons (Fsp3) is 0.625. The van der Waals surface area contributed by atoms with E-state index in [1.807, 2.05) is 0 Å². The largest absolute Gasteiger partial charge is 0.289 e. The Morgan fingerprint density at radius 1 is 1.30 bits per heavy atom. The number of hydrogen-bond acceptors (Lipinski definition) is 1. The molecule has 0 radical (unpaired) electrons. The molecule has 0 aliphatic heterocycles. The SMILES string of the molecule is O=CC#CCCCCCBr. The zero-order chi connectivity index (χ0) is 7.66. The van der Waals surface area contributed by atoms with E-state index in [4.69, 9.17) is 0 Å². The third-order valence-electron chi connectivity index (χ3n) is 1.10. The maximum atomic E-state index is 9.71. The summed E-state index contributed by atoms with van der Waals surface area (Å²) >= 11 is 3.34. The Morgan fingerprint density at radius 2 is 2.10 bits per heavy atom. The average molecular weight is 203 g/mol. The molecule has 0 aliphatic carbocycles. The number of rotatable bonds is 4. The third kappa shape index (κ3) is 7.71. The zero-order valence-corrected chi connectivity index (χ0v) is 7.49. The van der Waals surface area contributed by atoms with Crippen molar-refractivity contribution in [1.29, 1.82) is 0 Å². The van der Waals surface area contributed by atoms with Crippen LogP contribution in [0.4, 0.5) is 0 Å². The minimum atomic E-state index is 0.643. The number of hydrogen-bond donors (Lipinski definition) is 0. The van der Waals surface area contributed by atoms with Gasteiger partial charge in [0.1, 0.15) is 0 Å². The summed E-state index contributed by atoms with van der Waals surface area (Å²) in [6, 6.07) is 0. The summed E-state index contributed by atoms with van der Waals surface area (Å²) in [4.78, 5) is 9.71. The van der Waals surface area contributed by atoms with Crippen LogP contribution in [0.15, 0.2) is 0 Å². The van der Waals surface area contributed by atoms with Crippen molar-refractivity contribution < 1.29 is 4.79 Å². The monoisotopic (exact) mass is 202 g/mol. The van der Waals surface area contributed by atoms with E-state index in [2.05, 4.69) is 27.8 Å². The Bertz CT molecular complexity index is 132. The van der Waals surface area contributed by atoms with Gasteiger partial charge in [0, 0.05) is 11.8 Å². The molecule has 0 bridgehead atoms. The third-order valence-corrected chi connectivity index (χ3v) is 1.66. The lowest BCUT2D eigenvalue weighted by molar-refractivity contribution is -0.103. The standard InChI is InChI=1S/C8H11BrO/c9-7-5-3-1-2-4-6-8-10/h8H,1-3,5,7H2. The molecule has 0 aromatic heterocycles. The molecule has 0 rings (SSSR count). The van der Waals surface area contributed by atoms with Gasteiger partial charge in [-0.25, -0.2) is 0 Å². The topological polar surface area (TPSA) is 17.1 Å². The molecule has 2 heteroatoms. The fourth-order valence-electron chi connectivity index (χ4n) is 0.598. The first-order valence-corrected chi connectivity index (χ1v) is 4.52. The molecule has 0 amide bonds. The van der Waals surface area contributed by atoms with Gasteiger partial charge in [-0.15, -0.1) is 0 Å². The van der Waals surface area contributed by atoms with Crippen molar-refractivity contribution in [3.63, 3.8) is 0 Å². The van der Waals surface area contributed by atoms with Crippen molar-refractivity contribution >= 4 is 22.2 Å². The minimum absolute atomic E-state index is 0.643. The number of halogens is 1. The van der Waals surface area contributed by atoms with Gasteiger partial charge in [0.05, 0.1) is 0 Å². The van der Waals surface area contributed by atoms with Crippen molar-refractivity contribution in [1.82, 2.24) is 0 Å². The lowest BCUT2D eigenvalue weighted by Crippen LogP contribution is -1.76. The van der Waals surface area contributed by atoms with Crippen LogP contribution in [0.1, 0.15) is 25.7 Å². The molecule has 0 heterocycles. The first-order valence-electron chi connectivity index (χ1n) is 3.40. The molecule has 0 atom stereocenters. The molecule has 0 N–H and O–H groups in total. The van der Waals surface area contributed by atoms with Crippen LogP contribution >= 0.6 is 15.9 Å². The molecule has 0 unspecified atom stereocenters. The quantitative estimate of drug-likeness (QED) is 0.296. The molecule has 0 saturated heterocycles. The van der Waals surface area contributed by atoms with Crippen LogP contribution in [0, 0.1) is 11.8 Å². The van der Waals surface area contributed by atoms with Crippen molar-refractivity contribution in [3.05, 3.63) is 0 Å². The molecule has 0 fully saturated rings. The number of carbonyl (C=O) groups is 1. The Morgan fingerprint density at radius 3 is 2.70 bits per heavy atom. The molecule has 0 aromatic rings. The fourth-order valence-corrected chi connectivity index (χ4v) is 0.995. The summed E-state index contributed by atoms with van der Waals surface area (Å²) in [6.45, 7) is 0. The van der Waals surface area contributed by atoms with Gasteiger partial charge in [-0.3, -0.25) is 4.79 Å². The maximum Gasteiger partial charge on any atom is 0.192 e. The Labute approximate surface area is 70.3 Å². The average Bonchev–Trinajstić information content (AvgIpc) is 1.97.